The van der Waals surface area contributed by atoms with Gasteiger partial charge < -0.3 is 14.8 Å². The predicted octanol–water partition coefficient (Wildman–Crippen LogP) is 2.14. The molecule has 0 aliphatic rings. The highest BCUT2D eigenvalue weighted by atomic mass is 127. The number of benzene rings is 1. The molecule has 1 rings (SSSR count). The van der Waals surface area contributed by atoms with Crippen LogP contribution in [0.4, 0.5) is 5.69 Å². The molecule has 0 saturated carbocycles. The Morgan fingerprint density at radius 1 is 1.38 bits per heavy atom. The standard InChI is InChI=1S/C11H14INO3/c1-15-4-3-13-10-6-8(11(14)16-2)5-9(12)7-10/h5-7,13H,3-4H2,1-2H3. The molecule has 0 atom stereocenters. The number of hydrogen-bond acceptors (Lipinski definition) is 4. The normalized spacial score (nSPS) is 9.94. The zero-order chi connectivity index (χ0) is 12.0. The first-order valence-corrected chi connectivity index (χ1v) is 5.87. The van der Waals surface area contributed by atoms with Crippen LogP contribution in [0.3, 0.4) is 0 Å². The second kappa shape index (κ2) is 6.70. The summed E-state index contributed by atoms with van der Waals surface area (Å²) in [4.78, 5) is 11.4. The summed E-state index contributed by atoms with van der Waals surface area (Å²) < 4.78 is 10.6. The highest BCUT2D eigenvalue weighted by Crippen LogP contribution is 2.17. The highest BCUT2D eigenvalue weighted by Gasteiger charge is 2.07. The smallest absolute Gasteiger partial charge is 0.337 e. The van der Waals surface area contributed by atoms with Crippen molar-refractivity contribution in [1.82, 2.24) is 0 Å². The summed E-state index contributed by atoms with van der Waals surface area (Å²) in [5, 5.41) is 3.17. The molecule has 1 aromatic carbocycles. The lowest BCUT2D eigenvalue weighted by molar-refractivity contribution is 0.0600. The Balaban J connectivity index is 2.77. The summed E-state index contributed by atoms with van der Waals surface area (Å²) in [6, 6.07) is 5.51. The molecular weight excluding hydrogens is 321 g/mol. The van der Waals surface area contributed by atoms with Gasteiger partial charge in [-0.1, -0.05) is 0 Å². The van der Waals surface area contributed by atoms with Crippen LogP contribution in [0.15, 0.2) is 18.2 Å². The second-order valence-electron chi connectivity index (χ2n) is 3.14. The number of anilines is 1. The summed E-state index contributed by atoms with van der Waals surface area (Å²) in [5.41, 5.74) is 1.44. The van der Waals surface area contributed by atoms with Crippen LogP contribution in [0.2, 0.25) is 0 Å². The van der Waals surface area contributed by atoms with E-state index < -0.39 is 0 Å². The number of hydrogen-bond donors (Lipinski definition) is 1. The molecule has 1 N–H and O–H groups in total. The molecule has 16 heavy (non-hydrogen) atoms. The van der Waals surface area contributed by atoms with E-state index >= 15 is 0 Å². The number of halogens is 1. The van der Waals surface area contributed by atoms with Crippen LogP contribution in [0, 0.1) is 3.57 Å². The molecule has 5 heteroatoms. The lowest BCUT2D eigenvalue weighted by Crippen LogP contribution is -2.09. The van der Waals surface area contributed by atoms with E-state index in [0.717, 1.165) is 9.26 Å². The Bertz CT molecular complexity index is 368. The first kappa shape index (κ1) is 13.2. The molecule has 0 spiro atoms. The number of ether oxygens (including phenoxy) is 2. The molecule has 0 aromatic heterocycles. The summed E-state index contributed by atoms with van der Waals surface area (Å²) in [7, 11) is 3.02. The van der Waals surface area contributed by atoms with Crippen molar-refractivity contribution in [3.8, 4) is 0 Å². The van der Waals surface area contributed by atoms with Crippen molar-refractivity contribution in [3.05, 3.63) is 27.3 Å². The van der Waals surface area contributed by atoms with E-state index in [0.29, 0.717) is 18.7 Å². The van der Waals surface area contributed by atoms with Gasteiger partial charge in [-0.15, -0.1) is 0 Å². The maximum Gasteiger partial charge on any atom is 0.337 e. The van der Waals surface area contributed by atoms with E-state index in [1.807, 2.05) is 6.07 Å². The molecule has 0 aliphatic carbocycles. The number of carbonyl (C=O) groups excluding carboxylic acids is 1. The van der Waals surface area contributed by atoms with E-state index in [1.165, 1.54) is 7.11 Å². The predicted molar refractivity (Wildman–Crippen MR) is 70.9 cm³/mol. The van der Waals surface area contributed by atoms with E-state index in [-0.39, 0.29) is 5.97 Å². The molecule has 0 unspecified atom stereocenters. The van der Waals surface area contributed by atoms with E-state index in [4.69, 9.17) is 4.74 Å². The third-order valence-corrected chi connectivity index (χ3v) is 2.58. The average Bonchev–Trinajstić information content (AvgIpc) is 2.27. The number of carbonyl (C=O) groups is 1. The van der Waals surface area contributed by atoms with Crippen LogP contribution in [-0.2, 0) is 9.47 Å². The second-order valence-corrected chi connectivity index (χ2v) is 4.39. The molecule has 0 heterocycles. The molecule has 0 bridgehead atoms. The summed E-state index contributed by atoms with van der Waals surface area (Å²) in [6.07, 6.45) is 0. The minimum atomic E-state index is -0.326. The van der Waals surface area contributed by atoms with Crippen molar-refractivity contribution in [3.63, 3.8) is 0 Å². The molecule has 0 radical (unpaired) electrons. The Hall–Kier alpha value is -0.820. The van der Waals surface area contributed by atoms with Crippen molar-refractivity contribution in [2.75, 3.05) is 32.7 Å². The van der Waals surface area contributed by atoms with E-state index in [9.17, 15) is 4.79 Å². The number of nitrogens with one attached hydrogen (secondary N) is 1. The quantitative estimate of drug-likeness (QED) is 0.509. The first-order valence-electron chi connectivity index (χ1n) is 4.79. The van der Waals surface area contributed by atoms with Crippen LogP contribution in [-0.4, -0.2) is 33.3 Å². The van der Waals surface area contributed by atoms with Gasteiger partial charge in [0.15, 0.2) is 0 Å². The highest BCUT2D eigenvalue weighted by molar-refractivity contribution is 14.1. The fourth-order valence-electron chi connectivity index (χ4n) is 1.22. The van der Waals surface area contributed by atoms with Gasteiger partial charge in [0.2, 0.25) is 0 Å². The van der Waals surface area contributed by atoms with Gasteiger partial charge in [0.05, 0.1) is 19.3 Å². The minimum Gasteiger partial charge on any atom is -0.465 e. The Labute approximate surface area is 108 Å². The van der Waals surface area contributed by atoms with Crippen LogP contribution < -0.4 is 5.32 Å². The third kappa shape index (κ3) is 3.97. The Kier molecular flexibility index (Phi) is 5.54. The molecule has 0 fully saturated rings. The molecular formula is C11H14INO3. The van der Waals surface area contributed by atoms with Crippen molar-refractivity contribution in [2.24, 2.45) is 0 Å². The Morgan fingerprint density at radius 2 is 2.12 bits per heavy atom. The van der Waals surface area contributed by atoms with Crippen molar-refractivity contribution in [2.45, 2.75) is 0 Å². The van der Waals surface area contributed by atoms with Crippen molar-refractivity contribution < 1.29 is 14.3 Å². The Morgan fingerprint density at radius 3 is 2.75 bits per heavy atom. The van der Waals surface area contributed by atoms with Crippen molar-refractivity contribution in [1.29, 1.82) is 0 Å². The lowest BCUT2D eigenvalue weighted by Gasteiger charge is -2.08. The zero-order valence-electron chi connectivity index (χ0n) is 9.25. The van der Waals surface area contributed by atoms with Gasteiger partial charge in [-0.2, -0.15) is 0 Å². The molecule has 4 nitrogen and oxygen atoms in total. The van der Waals surface area contributed by atoms with Crippen LogP contribution in [0.25, 0.3) is 0 Å². The number of rotatable bonds is 5. The van der Waals surface area contributed by atoms with Crippen LogP contribution in [0.5, 0.6) is 0 Å². The summed E-state index contributed by atoms with van der Waals surface area (Å²) >= 11 is 2.16. The number of esters is 1. The maximum absolute atomic E-state index is 11.4. The summed E-state index contributed by atoms with van der Waals surface area (Å²) in [5.74, 6) is -0.326. The van der Waals surface area contributed by atoms with E-state index in [2.05, 4.69) is 32.6 Å². The molecule has 0 aliphatic heterocycles. The van der Waals surface area contributed by atoms with Gasteiger partial charge in [0, 0.05) is 22.9 Å². The number of methoxy groups -OCH3 is 2. The fourth-order valence-corrected chi connectivity index (χ4v) is 1.90. The van der Waals surface area contributed by atoms with Crippen LogP contribution >= 0.6 is 22.6 Å². The topological polar surface area (TPSA) is 47.6 Å². The largest absolute Gasteiger partial charge is 0.465 e. The van der Waals surface area contributed by atoms with Crippen LogP contribution in [0.1, 0.15) is 10.4 Å². The fraction of sp³-hybridized carbons (Fsp3) is 0.364. The molecule has 0 amide bonds. The van der Waals surface area contributed by atoms with Crippen molar-refractivity contribution >= 4 is 34.2 Å². The maximum atomic E-state index is 11.4. The molecule has 0 saturated heterocycles. The average molecular weight is 335 g/mol. The third-order valence-electron chi connectivity index (χ3n) is 1.95. The lowest BCUT2D eigenvalue weighted by atomic mass is 10.2. The van der Waals surface area contributed by atoms with Gasteiger partial charge in [-0.05, 0) is 40.8 Å². The summed E-state index contributed by atoms with van der Waals surface area (Å²) in [6.45, 7) is 1.33. The van der Waals surface area contributed by atoms with Gasteiger partial charge in [0.25, 0.3) is 0 Å². The monoisotopic (exact) mass is 335 g/mol. The van der Waals surface area contributed by atoms with Gasteiger partial charge in [-0.3, -0.25) is 0 Å². The zero-order valence-corrected chi connectivity index (χ0v) is 11.4. The van der Waals surface area contributed by atoms with Gasteiger partial charge in [0.1, 0.15) is 0 Å². The molecule has 88 valence electrons. The first-order chi connectivity index (χ1) is 7.67. The van der Waals surface area contributed by atoms with E-state index in [1.54, 1.807) is 19.2 Å². The minimum absolute atomic E-state index is 0.326. The van der Waals surface area contributed by atoms with Gasteiger partial charge >= 0.3 is 5.97 Å². The van der Waals surface area contributed by atoms with Gasteiger partial charge in [-0.25, -0.2) is 4.79 Å². The molecule has 1 aromatic rings. The SMILES string of the molecule is COCCNc1cc(I)cc(C(=O)OC)c1.